The Morgan fingerprint density at radius 2 is 1.39 bits per heavy atom. The summed E-state index contributed by atoms with van der Waals surface area (Å²) in [6.45, 7) is 2.34. The molecule has 0 bridgehead atoms. The number of para-hydroxylation sites is 2. The molecule has 31 heavy (non-hydrogen) atoms. The summed E-state index contributed by atoms with van der Waals surface area (Å²) in [6.07, 6.45) is 1.64. The zero-order valence-corrected chi connectivity index (χ0v) is 17.5. The van der Waals surface area contributed by atoms with Crippen molar-refractivity contribution in [3.63, 3.8) is 0 Å². The maximum absolute atomic E-state index is 13.5. The van der Waals surface area contributed by atoms with Crippen molar-refractivity contribution in [2.24, 2.45) is 0 Å². The summed E-state index contributed by atoms with van der Waals surface area (Å²) in [5, 5.41) is 5.61. The largest absolute Gasteiger partial charge is 0.490 e. The first kappa shape index (κ1) is 24.1. The fraction of sp³-hybridized carbons (Fsp3) is 0.391. The summed E-state index contributed by atoms with van der Waals surface area (Å²) in [7, 11) is 0. The van der Waals surface area contributed by atoms with Crippen molar-refractivity contribution in [2.75, 3.05) is 19.8 Å². The van der Waals surface area contributed by atoms with Gasteiger partial charge in [-0.15, -0.1) is 0 Å². The number of hydrogen-bond donors (Lipinski definition) is 2. The maximum Gasteiger partial charge on any atom is 0.223 e. The van der Waals surface area contributed by atoms with E-state index in [1.807, 2.05) is 6.92 Å². The molecular formula is C23H28F2N2O4. The van der Waals surface area contributed by atoms with Crippen molar-refractivity contribution in [1.82, 2.24) is 10.6 Å². The lowest BCUT2D eigenvalue weighted by Gasteiger charge is -2.19. The van der Waals surface area contributed by atoms with Crippen LogP contribution in [-0.2, 0) is 9.59 Å². The van der Waals surface area contributed by atoms with Crippen LogP contribution in [0.2, 0.25) is 0 Å². The smallest absolute Gasteiger partial charge is 0.223 e. The fourth-order valence-corrected chi connectivity index (χ4v) is 2.83. The van der Waals surface area contributed by atoms with Crippen molar-refractivity contribution in [3.8, 4) is 11.5 Å². The molecule has 0 heterocycles. The van der Waals surface area contributed by atoms with Gasteiger partial charge in [0.05, 0.1) is 26.1 Å². The van der Waals surface area contributed by atoms with E-state index in [1.54, 1.807) is 24.3 Å². The van der Waals surface area contributed by atoms with Crippen molar-refractivity contribution in [2.45, 2.75) is 38.6 Å². The zero-order valence-electron chi connectivity index (χ0n) is 17.5. The highest BCUT2D eigenvalue weighted by atomic mass is 19.1. The Morgan fingerprint density at radius 1 is 0.871 bits per heavy atom. The molecule has 0 aliphatic heterocycles. The second-order valence-electron chi connectivity index (χ2n) is 6.91. The minimum atomic E-state index is -0.479. The Morgan fingerprint density at radius 3 is 1.90 bits per heavy atom. The predicted molar refractivity (Wildman–Crippen MR) is 113 cm³/mol. The number of rotatable bonds is 13. The van der Waals surface area contributed by atoms with Crippen LogP contribution in [0.15, 0.2) is 48.5 Å². The molecule has 1 atom stereocenters. The number of amides is 2. The van der Waals surface area contributed by atoms with Crippen LogP contribution in [0.1, 0.15) is 32.6 Å². The Kier molecular flexibility index (Phi) is 10.3. The van der Waals surface area contributed by atoms with Gasteiger partial charge in [0.1, 0.15) is 0 Å². The van der Waals surface area contributed by atoms with Crippen LogP contribution in [-0.4, -0.2) is 37.6 Å². The van der Waals surface area contributed by atoms with E-state index in [9.17, 15) is 18.4 Å². The highest BCUT2D eigenvalue weighted by Gasteiger charge is 2.14. The summed E-state index contributed by atoms with van der Waals surface area (Å²) in [4.78, 5) is 24.2. The third-order valence-corrected chi connectivity index (χ3v) is 4.39. The van der Waals surface area contributed by atoms with E-state index in [0.717, 1.165) is 6.42 Å². The van der Waals surface area contributed by atoms with E-state index >= 15 is 0 Å². The van der Waals surface area contributed by atoms with Crippen LogP contribution in [0.5, 0.6) is 11.5 Å². The quantitative estimate of drug-likeness (QED) is 0.505. The first-order valence-corrected chi connectivity index (χ1v) is 10.3. The average molecular weight is 434 g/mol. The highest BCUT2D eigenvalue weighted by molar-refractivity contribution is 5.77. The molecule has 0 radical (unpaired) electrons. The van der Waals surface area contributed by atoms with E-state index in [4.69, 9.17) is 9.47 Å². The minimum Gasteiger partial charge on any atom is -0.490 e. The highest BCUT2D eigenvalue weighted by Crippen LogP contribution is 2.16. The molecule has 2 N–H and O–H groups in total. The Balaban J connectivity index is 1.67. The van der Waals surface area contributed by atoms with Gasteiger partial charge in [-0.2, -0.15) is 0 Å². The summed E-state index contributed by atoms with van der Waals surface area (Å²) >= 11 is 0. The van der Waals surface area contributed by atoms with Crippen molar-refractivity contribution < 1.29 is 27.8 Å². The Hall–Kier alpha value is -3.16. The van der Waals surface area contributed by atoms with Gasteiger partial charge in [-0.25, -0.2) is 8.78 Å². The van der Waals surface area contributed by atoms with Gasteiger partial charge in [-0.05, 0) is 30.7 Å². The monoisotopic (exact) mass is 434 g/mol. The first-order valence-electron chi connectivity index (χ1n) is 10.3. The van der Waals surface area contributed by atoms with Gasteiger partial charge >= 0.3 is 0 Å². The number of halogens is 2. The summed E-state index contributed by atoms with van der Waals surface area (Å²) in [5.74, 6) is -1.25. The molecule has 0 aliphatic rings. The normalized spacial score (nSPS) is 11.5. The van der Waals surface area contributed by atoms with Gasteiger partial charge in [0.15, 0.2) is 23.1 Å². The molecule has 2 rings (SSSR count). The van der Waals surface area contributed by atoms with E-state index < -0.39 is 11.6 Å². The van der Waals surface area contributed by atoms with Crippen molar-refractivity contribution in [1.29, 1.82) is 0 Å². The summed E-state index contributed by atoms with van der Waals surface area (Å²) < 4.78 is 37.6. The minimum absolute atomic E-state index is 0.0466. The number of ether oxygens (including phenoxy) is 2. The fourth-order valence-electron chi connectivity index (χ4n) is 2.83. The second kappa shape index (κ2) is 13.2. The number of hydrogen-bond acceptors (Lipinski definition) is 4. The number of benzene rings is 2. The summed E-state index contributed by atoms with van der Waals surface area (Å²) in [5.41, 5.74) is 0. The van der Waals surface area contributed by atoms with Crippen LogP contribution < -0.4 is 20.1 Å². The number of nitrogens with one attached hydrogen (secondary N) is 2. The van der Waals surface area contributed by atoms with Crippen LogP contribution >= 0.6 is 0 Å². The van der Waals surface area contributed by atoms with E-state index in [2.05, 4.69) is 10.6 Å². The maximum atomic E-state index is 13.5. The molecule has 2 amide bonds. The van der Waals surface area contributed by atoms with Gasteiger partial charge in [0, 0.05) is 12.6 Å². The predicted octanol–water partition coefficient (Wildman–Crippen LogP) is 3.60. The molecule has 2 aromatic carbocycles. The van der Waals surface area contributed by atoms with Crippen LogP contribution in [0.3, 0.4) is 0 Å². The molecule has 0 spiro atoms. The standard InChI is InChI=1S/C23H28F2N2O4/c1-2-7-17(27-23(29)13-15-31-21-11-6-4-9-19(21)25)16-26-22(28)12-14-30-20-10-5-3-8-18(20)24/h3-6,8-11,17H,2,7,12-16H2,1H3,(H,26,28)(H,27,29). The topological polar surface area (TPSA) is 76.7 Å². The lowest BCUT2D eigenvalue weighted by Crippen LogP contribution is -2.44. The third-order valence-electron chi connectivity index (χ3n) is 4.39. The van der Waals surface area contributed by atoms with Gasteiger partial charge in [-0.3, -0.25) is 9.59 Å². The lowest BCUT2D eigenvalue weighted by molar-refractivity contribution is -0.124. The van der Waals surface area contributed by atoms with Crippen LogP contribution in [0.4, 0.5) is 8.78 Å². The van der Waals surface area contributed by atoms with Crippen molar-refractivity contribution in [3.05, 3.63) is 60.2 Å². The molecule has 168 valence electrons. The molecule has 6 nitrogen and oxygen atoms in total. The molecule has 0 saturated heterocycles. The molecule has 0 aromatic heterocycles. The molecule has 0 fully saturated rings. The van der Waals surface area contributed by atoms with Crippen molar-refractivity contribution >= 4 is 11.8 Å². The van der Waals surface area contributed by atoms with Gasteiger partial charge in [0.2, 0.25) is 11.8 Å². The van der Waals surface area contributed by atoms with Crippen LogP contribution in [0.25, 0.3) is 0 Å². The second-order valence-corrected chi connectivity index (χ2v) is 6.91. The van der Waals surface area contributed by atoms with E-state index in [1.165, 1.54) is 24.3 Å². The number of carbonyl (C=O) groups is 2. The molecule has 8 heteroatoms. The lowest BCUT2D eigenvalue weighted by atomic mass is 10.1. The molecule has 2 aromatic rings. The van der Waals surface area contributed by atoms with Gasteiger partial charge < -0.3 is 20.1 Å². The van der Waals surface area contributed by atoms with Gasteiger partial charge in [0.25, 0.3) is 0 Å². The summed E-state index contributed by atoms with van der Waals surface area (Å²) in [6, 6.07) is 11.8. The Bertz CT molecular complexity index is 848. The zero-order chi connectivity index (χ0) is 22.5. The van der Waals surface area contributed by atoms with Crippen LogP contribution in [0, 0.1) is 11.6 Å². The first-order chi connectivity index (χ1) is 15.0. The van der Waals surface area contributed by atoms with E-state index in [0.29, 0.717) is 6.42 Å². The molecule has 0 saturated carbocycles. The number of carbonyl (C=O) groups excluding carboxylic acids is 2. The third kappa shape index (κ3) is 9.02. The average Bonchev–Trinajstić information content (AvgIpc) is 2.75. The molecule has 1 unspecified atom stereocenters. The van der Waals surface area contributed by atoms with Gasteiger partial charge in [-0.1, -0.05) is 37.6 Å². The molecule has 0 aliphatic carbocycles. The Labute approximate surface area is 180 Å². The SMILES string of the molecule is CCCC(CNC(=O)CCOc1ccccc1F)NC(=O)CCOc1ccccc1F. The molecular weight excluding hydrogens is 406 g/mol. The van der Waals surface area contributed by atoms with E-state index in [-0.39, 0.29) is 62.0 Å².